The average Bonchev–Trinajstić information content (AvgIpc) is 2.34. The van der Waals surface area contributed by atoms with Gasteiger partial charge >= 0.3 is 18.0 Å². The first-order valence-corrected chi connectivity index (χ1v) is 29.2. The van der Waals surface area contributed by atoms with Gasteiger partial charge in [0, 0.05) is 55.4 Å². The summed E-state index contributed by atoms with van der Waals surface area (Å²) in [5.41, 5.74) is 4.03. The molecule has 466 valence electrons. The van der Waals surface area contributed by atoms with Crippen molar-refractivity contribution in [2.45, 2.75) is 182 Å². The van der Waals surface area contributed by atoms with Crippen molar-refractivity contribution in [3.8, 4) is 11.1 Å². The molecular weight excluding hydrogens is 1100 g/mol. The number of alkyl carbamates (subject to hydrolysis) is 1. The molecule has 1 amide bonds. The van der Waals surface area contributed by atoms with Gasteiger partial charge in [0.15, 0.2) is 12.1 Å². The molecule has 11 N–H and O–H groups in total. The predicted octanol–water partition coefficient (Wildman–Crippen LogP) is 4.94. The van der Waals surface area contributed by atoms with Crippen LogP contribution in [0.1, 0.15) is 96.1 Å². The van der Waals surface area contributed by atoms with Crippen molar-refractivity contribution in [1.29, 1.82) is 0 Å². The summed E-state index contributed by atoms with van der Waals surface area (Å²) >= 11 is 0. The van der Waals surface area contributed by atoms with Gasteiger partial charge in [-0.25, -0.2) is 9.59 Å². The van der Waals surface area contributed by atoms with E-state index in [0.29, 0.717) is 0 Å². The SMILES string of the molecule is COC(=O)/C=C/[C@H]1[C@@H]2C[C@@H](O[C@@H]3O[C@H](C)[C@@H](O)[C@H](NC(=O)OCC4c5ccccc5-c5ccccc54)[C@@H]3O)C=CC=CC=CC=CC=CC=CC=C[C@H](C)[C@@H](O)[C@@H](C)[C@H](C)OC(=O)C[C@H](O)C[C@H](O)CC[C@@H](O)[C@H](O)C[C@H](O)C[C@](O)(C[C@@H]1O)O2. The number of aliphatic hydroxyl groups excluding tert-OH is 9. The fourth-order valence-electron chi connectivity index (χ4n) is 11.1. The number of benzene rings is 2. The Kier molecular flexibility index (Phi) is 26.7. The summed E-state index contributed by atoms with van der Waals surface area (Å²) in [4.78, 5) is 38.7. The monoisotopic (exact) mass is 1190 g/mol. The lowest BCUT2D eigenvalue weighted by Crippen LogP contribution is -2.64. The van der Waals surface area contributed by atoms with E-state index >= 15 is 0 Å². The molecule has 19 atom stereocenters. The van der Waals surface area contributed by atoms with Gasteiger partial charge in [-0.2, -0.15) is 0 Å². The molecule has 2 bridgehead atoms. The molecule has 0 saturated carbocycles. The zero-order valence-corrected chi connectivity index (χ0v) is 48.8. The number of hydrogen-bond acceptors (Lipinski definition) is 19. The first-order valence-electron chi connectivity index (χ1n) is 29.2. The largest absolute Gasteiger partial charge is 0.466 e. The molecule has 20 nitrogen and oxygen atoms in total. The zero-order valence-electron chi connectivity index (χ0n) is 48.8. The van der Waals surface area contributed by atoms with Crippen LogP contribution in [0.3, 0.4) is 0 Å². The van der Waals surface area contributed by atoms with Gasteiger partial charge in [-0.05, 0) is 55.4 Å². The van der Waals surface area contributed by atoms with E-state index in [0.717, 1.165) is 28.3 Å². The van der Waals surface area contributed by atoms with Crippen molar-refractivity contribution < 1.29 is 93.9 Å². The number of amides is 1. The minimum absolute atomic E-state index is 0.0415. The van der Waals surface area contributed by atoms with Crippen molar-refractivity contribution in [2.75, 3.05) is 13.7 Å². The number of rotatable bonds is 7. The smallest absolute Gasteiger partial charge is 0.407 e. The van der Waals surface area contributed by atoms with Crippen molar-refractivity contribution >= 4 is 18.0 Å². The van der Waals surface area contributed by atoms with E-state index in [1.54, 1.807) is 68.5 Å². The Morgan fingerprint density at radius 1 is 0.659 bits per heavy atom. The number of carbonyl (C=O) groups excluding carboxylic acids is 3. The summed E-state index contributed by atoms with van der Waals surface area (Å²) in [5, 5.41) is 115. The summed E-state index contributed by atoms with van der Waals surface area (Å²) < 4.78 is 34.9. The Balaban J connectivity index is 1.22. The predicted molar refractivity (Wildman–Crippen MR) is 315 cm³/mol. The highest BCUT2D eigenvalue weighted by atomic mass is 16.7. The highest BCUT2D eigenvalue weighted by Crippen LogP contribution is 2.45. The van der Waals surface area contributed by atoms with Crippen molar-refractivity contribution in [3.63, 3.8) is 0 Å². The molecule has 0 radical (unpaired) electrons. The van der Waals surface area contributed by atoms with E-state index in [9.17, 15) is 65.4 Å². The number of aliphatic hydroxyl groups is 10. The van der Waals surface area contributed by atoms with Crippen LogP contribution >= 0.6 is 0 Å². The van der Waals surface area contributed by atoms with Gasteiger partial charge in [0.05, 0.1) is 80.6 Å². The molecule has 0 spiro atoms. The molecule has 20 heteroatoms. The highest BCUT2D eigenvalue weighted by molar-refractivity contribution is 5.82. The van der Waals surface area contributed by atoms with Crippen LogP contribution in [-0.2, 0) is 38.0 Å². The van der Waals surface area contributed by atoms with Crippen molar-refractivity contribution in [3.05, 3.63) is 157 Å². The molecule has 0 unspecified atom stereocenters. The normalized spacial score (nSPS) is 35.4. The minimum atomic E-state index is -2.28. The van der Waals surface area contributed by atoms with E-state index in [1.807, 2.05) is 85.8 Å². The lowest BCUT2D eigenvalue weighted by molar-refractivity contribution is -0.306. The molecular formula is C65H87NO19. The molecule has 6 rings (SSSR count). The van der Waals surface area contributed by atoms with E-state index in [-0.39, 0.29) is 44.1 Å². The summed E-state index contributed by atoms with van der Waals surface area (Å²) in [6.45, 7) is 6.71. The first kappa shape index (κ1) is 68.2. The average molecular weight is 1190 g/mol. The maximum absolute atomic E-state index is 13.6. The topological polar surface area (TPSA) is 321 Å². The second-order valence-electron chi connectivity index (χ2n) is 22.6. The molecule has 3 aliphatic heterocycles. The van der Waals surface area contributed by atoms with Crippen LogP contribution < -0.4 is 5.32 Å². The fraction of sp³-hybridized carbons (Fsp3) is 0.523. The number of methoxy groups -OCH3 is 1. The third kappa shape index (κ3) is 20.3. The molecule has 4 aliphatic rings. The Hall–Kier alpha value is -5.95. The fourth-order valence-corrected chi connectivity index (χ4v) is 11.1. The van der Waals surface area contributed by atoms with Gasteiger partial charge in [0.1, 0.15) is 24.9 Å². The number of nitrogens with one attached hydrogen (secondary N) is 1. The number of esters is 2. The van der Waals surface area contributed by atoms with Gasteiger partial charge in [0.25, 0.3) is 0 Å². The Bertz CT molecular complexity index is 2660. The van der Waals surface area contributed by atoms with Gasteiger partial charge in [0.2, 0.25) is 0 Å². The molecule has 1 aliphatic carbocycles. The summed E-state index contributed by atoms with van der Waals surface area (Å²) in [7, 11) is 1.17. The third-order valence-corrected chi connectivity index (χ3v) is 16.0. The zero-order chi connectivity index (χ0) is 61.8. The Morgan fingerprint density at radius 3 is 1.86 bits per heavy atom. The van der Waals surface area contributed by atoms with E-state index < -0.39 is 153 Å². The number of hydrogen-bond donors (Lipinski definition) is 11. The Labute approximate surface area is 497 Å². The molecule has 3 heterocycles. The molecule has 2 aromatic rings. The highest BCUT2D eigenvalue weighted by Gasteiger charge is 2.49. The van der Waals surface area contributed by atoms with Crippen LogP contribution in [0.4, 0.5) is 4.79 Å². The van der Waals surface area contributed by atoms with Crippen LogP contribution in [-0.4, -0.2) is 180 Å². The number of carbonyl (C=O) groups is 3. The molecule has 2 aromatic carbocycles. The van der Waals surface area contributed by atoms with E-state index in [2.05, 4.69) is 5.32 Å². The number of allylic oxidation sites excluding steroid dienone is 12. The van der Waals surface area contributed by atoms with E-state index in [1.165, 1.54) is 20.1 Å². The van der Waals surface area contributed by atoms with Gasteiger partial charge in [-0.3, -0.25) is 4.79 Å². The van der Waals surface area contributed by atoms with Crippen LogP contribution in [0, 0.1) is 17.8 Å². The summed E-state index contributed by atoms with van der Waals surface area (Å²) in [5.74, 6) is -5.84. The third-order valence-electron chi connectivity index (χ3n) is 16.0. The molecule has 2 fully saturated rings. The summed E-state index contributed by atoms with van der Waals surface area (Å²) in [6, 6.07) is 14.3. The van der Waals surface area contributed by atoms with Gasteiger partial charge in [-0.15, -0.1) is 0 Å². The molecule has 0 aromatic heterocycles. The second kappa shape index (κ2) is 33.2. The molecule has 85 heavy (non-hydrogen) atoms. The number of cyclic esters (lactones) is 1. The first-order chi connectivity index (χ1) is 40.6. The lowest BCUT2D eigenvalue weighted by Gasteiger charge is -2.46. The minimum Gasteiger partial charge on any atom is -0.466 e. The summed E-state index contributed by atoms with van der Waals surface area (Å²) in [6.07, 6.45) is 5.21. The van der Waals surface area contributed by atoms with E-state index in [4.69, 9.17) is 28.4 Å². The Morgan fingerprint density at radius 2 is 1.25 bits per heavy atom. The van der Waals surface area contributed by atoms with Gasteiger partial charge < -0.3 is 84.8 Å². The number of fused-ring (bicyclic) bond motifs is 5. The van der Waals surface area contributed by atoms with Crippen molar-refractivity contribution in [1.82, 2.24) is 5.32 Å². The van der Waals surface area contributed by atoms with Crippen LogP contribution in [0.5, 0.6) is 0 Å². The van der Waals surface area contributed by atoms with Crippen LogP contribution in [0.15, 0.2) is 146 Å². The quantitative estimate of drug-likeness (QED) is 0.0994. The maximum atomic E-state index is 13.6. The second-order valence-corrected chi connectivity index (χ2v) is 22.6. The van der Waals surface area contributed by atoms with Crippen LogP contribution in [0.2, 0.25) is 0 Å². The maximum Gasteiger partial charge on any atom is 0.407 e. The molecule has 2 saturated heterocycles. The lowest BCUT2D eigenvalue weighted by atomic mass is 9.82. The van der Waals surface area contributed by atoms with Crippen LogP contribution in [0.25, 0.3) is 11.1 Å². The van der Waals surface area contributed by atoms with Gasteiger partial charge in [-0.1, -0.05) is 154 Å². The standard InChI is InChI=1S/C65H87NO19/c1-39-22-16-14-12-10-8-6-7-9-11-13-15-17-23-46(84-63-62(77)59(61(76)42(4)83-63)66-64(78)81-38-52-49-26-20-18-24-47(49)48-25-19-21-27-50(48)52)35-56-51(29-31-57(73)80-5)55(72)37-65(79,85-56)36-45(69)33-54(71)53(70)30-28-43(67)32-44(68)34-58(74)82-41(3)40(2)60(39)75/h6-27,29,31,39-46,51-56,59-63,67-72,75-77,79H,28,30,32-38H2,1-5H3,(H,66,78)/b7-6?,10-8?,11-9?,14-12?,15-13?,22-16?,23-17?,31-29+/t39-,40-,41-,42+,43+,44+,45-,46-,51+,53+,54+,55-,56-,59-,60+,61+,62-,63-,65+/m0/s1. The number of ether oxygens (including phenoxy) is 6. The van der Waals surface area contributed by atoms with Crippen molar-refractivity contribution in [2.24, 2.45) is 17.8 Å².